The minimum Gasteiger partial charge on any atom is -0.456 e. The van der Waals surface area contributed by atoms with E-state index in [0.717, 1.165) is 10.1 Å². The standard InChI is InChI=1S/C24H22ClN5O5/c25-17-3-1-16(2-4-17)14-30-22(28-23(33)29(11-12-31)24(30)34)27-18-5-8-20(9-6-18)35-21-10-7-19(15-32)26-13-21/h1-10,13,31-32H,11-12,14-15H2,(H,27,28,33). The van der Waals surface area contributed by atoms with Gasteiger partial charge in [-0.05, 0) is 54.1 Å². The van der Waals surface area contributed by atoms with Crippen LogP contribution in [-0.4, -0.2) is 35.9 Å². The van der Waals surface area contributed by atoms with Gasteiger partial charge in [0.25, 0.3) is 0 Å². The van der Waals surface area contributed by atoms with Gasteiger partial charge >= 0.3 is 11.4 Å². The maximum absolute atomic E-state index is 13.0. The Kier molecular flexibility index (Phi) is 7.56. The third-order valence-electron chi connectivity index (χ3n) is 5.03. The molecule has 0 bridgehead atoms. The number of pyridine rings is 1. The normalized spacial score (nSPS) is 10.8. The van der Waals surface area contributed by atoms with Crippen LogP contribution in [0.2, 0.25) is 5.02 Å². The second-order valence-corrected chi connectivity index (χ2v) is 7.92. The van der Waals surface area contributed by atoms with Crippen LogP contribution in [0, 0.1) is 0 Å². The summed E-state index contributed by atoms with van der Waals surface area (Å²) in [7, 11) is 0. The largest absolute Gasteiger partial charge is 0.456 e. The van der Waals surface area contributed by atoms with Crippen LogP contribution in [0.5, 0.6) is 11.5 Å². The molecule has 4 rings (SSSR count). The number of aliphatic hydroxyl groups is 2. The van der Waals surface area contributed by atoms with Crippen LogP contribution in [0.3, 0.4) is 0 Å². The SMILES string of the molecule is O=c1nc(Nc2ccc(Oc3ccc(CO)nc3)cc2)n(Cc2ccc(Cl)cc2)c(=O)n1CCO. The monoisotopic (exact) mass is 495 g/mol. The third kappa shape index (κ3) is 5.93. The molecule has 35 heavy (non-hydrogen) atoms. The van der Waals surface area contributed by atoms with Crippen molar-refractivity contribution in [2.24, 2.45) is 0 Å². The van der Waals surface area contributed by atoms with Gasteiger partial charge in [-0.2, -0.15) is 4.98 Å². The summed E-state index contributed by atoms with van der Waals surface area (Å²) in [6.07, 6.45) is 1.51. The zero-order chi connectivity index (χ0) is 24.8. The summed E-state index contributed by atoms with van der Waals surface area (Å²) in [5.74, 6) is 1.11. The number of nitrogens with one attached hydrogen (secondary N) is 1. The number of anilines is 2. The Bertz CT molecular complexity index is 1400. The first-order chi connectivity index (χ1) is 17.0. The summed E-state index contributed by atoms with van der Waals surface area (Å²) in [5.41, 5.74) is 0.519. The van der Waals surface area contributed by atoms with E-state index in [2.05, 4.69) is 15.3 Å². The summed E-state index contributed by atoms with van der Waals surface area (Å²) in [4.78, 5) is 33.6. The van der Waals surface area contributed by atoms with Gasteiger partial charge in [-0.15, -0.1) is 0 Å². The molecule has 2 heterocycles. The van der Waals surface area contributed by atoms with Gasteiger partial charge in [0.2, 0.25) is 5.95 Å². The van der Waals surface area contributed by atoms with E-state index >= 15 is 0 Å². The molecule has 0 unspecified atom stereocenters. The van der Waals surface area contributed by atoms with Crippen molar-refractivity contribution >= 4 is 23.2 Å². The first-order valence-corrected chi connectivity index (χ1v) is 11.0. The molecule has 0 radical (unpaired) electrons. The average Bonchev–Trinajstić information content (AvgIpc) is 2.87. The van der Waals surface area contributed by atoms with Crippen LogP contribution < -0.4 is 21.4 Å². The Morgan fingerprint density at radius 3 is 2.26 bits per heavy atom. The number of aromatic nitrogens is 4. The lowest BCUT2D eigenvalue weighted by Gasteiger charge is -2.15. The molecule has 0 aliphatic carbocycles. The summed E-state index contributed by atoms with van der Waals surface area (Å²) in [6.45, 7) is -0.548. The molecule has 10 nitrogen and oxygen atoms in total. The van der Waals surface area contributed by atoms with Gasteiger partial charge in [0, 0.05) is 10.7 Å². The average molecular weight is 496 g/mol. The first-order valence-electron chi connectivity index (χ1n) is 10.6. The molecule has 0 amide bonds. The number of hydrogen-bond acceptors (Lipinski definition) is 8. The smallest absolute Gasteiger partial charge is 0.355 e. The van der Waals surface area contributed by atoms with Crippen LogP contribution in [0.25, 0.3) is 0 Å². The van der Waals surface area contributed by atoms with Gasteiger partial charge in [-0.25, -0.2) is 14.2 Å². The molecule has 0 aliphatic heterocycles. The first kappa shape index (κ1) is 24.1. The molecule has 3 N–H and O–H groups in total. The molecule has 0 fully saturated rings. The number of hydrogen-bond donors (Lipinski definition) is 3. The highest BCUT2D eigenvalue weighted by atomic mass is 35.5. The van der Waals surface area contributed by atoms with E-state index in [0.29, 0.717) is 27.9 Å². The molecule has 0 atom stereocenters. The maximum Gasteiger partial charge on any atom is 0.355 e. The number of nitrogens with zero attached hydrogens (tertiary/aromatic N) is 4. The molecule has 2 aromatic carbocycles. The van der Waals surface area contributed by atoms with Gasteiger partial charge in [0.15, 0.2) is 0 Å². The van der Waals surface area contributed by atoms with E-state index in [-0.39, 0.29) is 32.3 Å². The molecule has 0 saturated carbocycles. The molecule has 180 valence electrons. The van der Waals surface area contributed by atoms with Crippen molar-refractivity contribution in [2.45, 2.75) is 19.7 Å². The Labute approximate surface area is 204 Å². The van der Waals surface area contributed by atoms with Crippen molar-refractivity contribution in [3.8, 4) is 11.5 Å². The quantitative estimate of drug-likeness (QED) is 0.323. The highest BCUT2D eigenvalue weighted by Gasteiger charge is 2.14. The van der Waals surface area contributed by atoms with Crippen LogP contribution in [0.15, 0.2) is 76.4 Å². The summed E-state index contributed by atoms with van der Waals surface area (Å²) in [6, 6.07) is 17.2. The highest BCUT2D eigenvalue weighted by Crippen LogP contribution is 2.24. The fourth-order valence-corrected chi connectivity index (χ4v) is 3.39. The Balaban J connectivity index is 1.60. The highest BCUT2D eigenvalue weighted by molar-refractivity contribution is 6.30. The molecule has 0 saturated heterocycles. The van der Waals surface area contributed by atoms with E-state index in [4.69, 9.17) is 21.4 Å². The van der Waals surface area contributed by atoms with Crippen molar-refractivity contribution in [3.05, 3.63) is 104 Å². The van der Waals surface area contributed by atoms with E-state index in [1.54, 1.807) is 60.7 Å². The number of benzene rings is 2. The fraction of sp³-hybridized carbons (Fsp3) is 0.167. The fourth-order valence-electron chi connectivity index (χ4n) is 3.27. The number of ether oxygens (including phenoxy) is 1. The van der Waals surface area contributed by atoms with Crippen molar-refractivity contribution in [3.63, 3.8) is 0 Å². The topological polar surface area (TPSA) is 132 Å². The Hall–Kier alpha value is -3.99. The van der Waals surface area contributed by atoms with Crippen molar-refractivity contribution in [1.82, 2.24) is 19.1 Å². The van der Waals surface area contributed by atoms with Gasteiger partial charge in [-0.3, -0.25) is 9.55 Å². The van der Waals surface area contributed by atoms with Crippen molar-refractivity contribution in [1.29, 1.82) is 0 Å². The number of aliphatic hydroxyl groups excluding tert-OH is 2. The van der Waals surface area contributed by atoms with E-state index in [1.165, 1.54) is 10.8 Å². The van der Waals surface area contributed by atoms with Gasteiger partial charge < -0.3 is 20.3 Å². The molecule has 0 spiro atoms. The van der Waals surface area contributed by atoms with Gasteiger partial charge in [-0.1, -0.05) is 23.7 Å². The summed E-state index contributed by atoms with van der Waals surface area (Å²) in [5, 5.41) is 21.9. The van der Waals surface area contributed by atoms with Crippen molar-refractivity contribution < 1.29 is 14.9 Å². The van der Waals surface area contributed by atoms with Gasteiger partial charge in [0.05, 0.1) is 38.2 Å². The summed E-state index contributed by atoms with van der Waals surface area (Å²) >= 11 is 5.96. The predicted octanol–water partition coefficient (Wildman–Crippen LogP) is 2.52. The minimum absolute atomic E-state index is 0.0570. The second kappa shape index (κ2) is 11.0. The Morgan fingerprint density at radius 2 is 1.63 bits per heavy atom. The predicted molar refractivity (Wildman–Crippen MR) is 130 cm³/mol. The van der Waals surface area contributed by atoms with E-state index in [1.807, 2.05) is 0 Å². The summed E-state index contributed by atoms with van der Waals surface area (Å²) < 4.78 is 7.95. The zero-order valence-corrected chi connectivity index (χ0v) is 19.2. The zero-order valence-electron chi connectivity index (χ0n) is 18.5. The minimum atomic E-state index is -0.766. The molecular weight excluding hydrogens is 474 g/mol. The second-order valence-electron chi connectivity index (χ2n) is 7.48. The van der Waals surface area contributed by atoms with Crippen LogP contribution in [-0.2, 0) is 19.7 Å². The lowest BCUT2D eigenvalue weighted by molar-refractivity contribution is 0.268. The third-order valence-corrected chi connectivity index (χ3v) is 5.29. The van der Waals surface area contributed by atoms with Crippen molar-refractivity contribution in [2.75, 3.05) is 11.9 Å². The maximum atomic E-state index is 13.0. The Morgan fingerprint density at radius 1 is 0.914 bits per heavy atom. The molecule has 4 aromatic rings. The van der Waals surface area contributed by atoms with E-state index < -0.39 is 11.4 Å². The molecule has 2 aromatic heterocycles. The molecule has 0 aliphatic rings. The van der Waals surface area contributed by atoms with Crippen LogP contribution in [0.4, 0.5) is 11.6 Å². The lowest BCUT2D eigenvalue weighted by atomic mass is 10.2. The molecule has 11 heteroatoms. The lowest BCUT2D eigenvalue weighted by Crippen LogP contribution is -2.43. The van der Waals surface area contributed by atoms with Gasteiger partial charge in [0.1, 0.15) is 11.5 Å². The van der Waals surface area contributed by atoms with Crippen LogP contribution >= 0.6 is 11.6 Å². The van der Waals surface area contributed by atoms with E-state index in [9.17, 15) is 14.7 Å². The van der Waals surface area contributed by atoms with Crippen LogP contribution in [0.1, 0.15) is 11.3 Å². The number of halogens is 1. The number of rotatable bonds is 9. The molecular formula is C24H22ClN5O5.